The third-order valence-corrected chi connectivity index (χ3v) is 13.1. The molecule has 5 heterocycles. The fraction of sp³-hybridized carbons (Fsp3) is 0.771. The number of ether oxygens (including phenoxy) is 7. The van der Waals surface area contributed by atoms with Crippen molar-refractivity contribution in [2.24, 2.45) is 23.7 Å². The Morgan fingerprint density at radius 3 is 2.45 bits per heavy atom. The lowest BCUT2D eigenvalue weighted by atomic mass is 9.55. The van der Waals surface area contributed by atoms with Crippen LogP contribution >= 0.6 is 0 Å². The number of hydrogen-bond acceptors (Lipinski definition) is 12. The zero-order valence-electron chi connectivity index (χ0n) is 27.9. The highest BCUT2D eigenvalue weighted by atomic mass is 16.7. The number of allylic oxidation sites excluding steroid dienone is 1. The third-order valence-electron chi connectivity index (χ3n) is 13.1. The normalized spacial score (nSPS) is 51.7. The molecule has 3 saturated carbocycles. The molecule has 8 rings (SSSR count). The number of hydrogen-bond donors (Lipinski definition) is 1. The van der Waals surface area contributed by atoms with Gasteiger partial charge in [0.05, 0.1) is 29.6 Å². The van der Waals surface area contributed by atoms with E-state index in [1.165, 1.54) is 6.92 Å². The van der Waals surface area contributed by atoms with Gasteiger partial charge >= 0.3 is 23.9 Å². The monoisotopic (exact) mass is 656 g/mol. The molecule has 3 spiro atoms. The minimum absolute atomic E-state index is 0.0106. The van der Waals surface area contributed by atoms with Gasteiger partial charge in [-0.3, -0.25) is 9.59 Å². The number of fused-ring (bicyclic) bond motifs is 1. The van der Waals surface area contributed by atoms with Crippen LogP contribution in [-0.4, -0.2) is 93.6 Å². The Bertz CT molecular complexity index is 1530. The van der Waals surface area contributed by atoms with Crippen molar-refractivity contribution in [1.82, 2.24) is 0 Å². The topological polar surface area (TPSA) is 156 Å². The zero-order valence-corrected chi connectivity index (χ0v) is 27.9. The molecule has 1 N–H and O–H groups in total. The smallest absolute Gasteiger partial charge is 0.334 e. The van der Waals surface area contributed by atoms with Gasteiger partial charge in [0.15, 0.2) is 0 Å². The highest BCUT2D eigenvalue weighted by Gasteiger charge is 2.92. The molecule has 0 aromatic carbocycles. The minimum atomic E-state index is -1.69. The van der Waals surface area contributed by atoms with E-state index in [-0.39, 0.29) is 43.6 Å². The fourth-order valence-electron chi connectivity index (χ4n) is 11.3. The first-order valence-corrected chi connectivity index (χ1v) is 16.9. The number of epoxide rings is 1. The molecule has 0 unspecified atom stereocenters. The van der Waals surface area contributed by atoms with E-state index in [1.54, 1.807) is 32.9 Å². The Morgan fingerprint density at radius 1 is 1.04 bits per heavy atom. The van der Waals surface area contributed by atoms with Crippen LogP contribution in [0.4, 0.5) is 0 Å². The highest BCUT2D eigenvalue weighted by Crippen LogP contribution is 2.77. The quantitative estimate of drug-likeness (QED) is 0.205. The summed E-state index contributed by atoms with van der Waals surface area (Å²) in [5.41, 5.74) is -5.18. The maximum atomic E-state index is 13.6. The summed E-state index contributed by atoms with van der Waals surface area (Å²) in [4.78, 5) is 51.7. The number of esters is 4. The first kappa shape index (κ1) is 31.5. The molecule has 12 heteroatoms. The summed E-state index contributed by atoms with van der Waals surface area (Å²) in [6.45, 7) is 12.4. The molecule has 0 bridgehead atoms. The largest absolute Gasteiger partial charge is 0.459 e. The number of rotatable bonds is 4. The molecule has 0 aromatic heterocycles. The molecule has 256 valence electrons. The Balaban J connectivity index is 1.29. The van der Waals surface area contributed by atoms with Crippen molar-refractivity contribution in [1.29, 1.82) is 0 Å². The molecule has 0 radical (unpaired) electrons. The molecule has 7 fully saturated rings. The number of cyclic esters (lactones) is 1. The van der Waals surface area contributed by atoms with Crippen molar-refractivity contribution >= 4 is 23.9 Å². The second-order valence-electron chi connectivity index (χ2n) is 15.8. The van der Waals surface area contributed by atoms with Crippen molar-refractivity contribution in [3.05, 3.63) is 23.3 Å². The summed E-state index contributed by atoms with van der Waals surface area (Å²) >= 11 is 0. The minimum Gasteiger partial charge on any atom is -0.459 e. The van der Waals surface area contributed by atoms with Gasteiger partial charge in [-0.05, 0) is 59.5 Å². The number of carbonyl (C=O) groups excluding carboxylic acids is 4. The molecule has 0 aromatic rings. The van der Waals surface area contributed by atoms with Crippen LogP contribution < -0.4 is 0 Å². The van der Waals surface area contributed by atoms with Crippen molar-refractivity contribution in [2.45, 2.75) is 145 Å². The Labute approximate surface area is 273 Å². The number of aliphatic hydroxyl groups is 1. The summed E-state index contributed by atoms with van der Waals surface area (Å²) in [5, 5.41) is 13.2. The second kappa shape index (κ2) is 9.67. The Hall–Kier alpha value is -2.80. The van der Waals surface area contributed by atoms with E-state index < -0.39 is 94.2 Å². The number of carbonyl (C=O) groups is 4. The standard InChI is InChI=1S/C35H44O12/c1-8-15(2)29(38)43-21-11-22-31(6,7)44-23-12-26(37)46-33(22,23)14-32(40)13-25(41-18(5)36)34-19(10-24-35(34,45-24)28(21)32)17(4)27(47-34)20-9-16(3)30(39)42-20/h8-9,17,19-25,27-28,40H,10-14H2,1-7H3/b15-8-/t17-,19+,20-,21+,22-,23+,24-,25-,27-,28+,32-,33+,34+,35+/m0/s1. The molecule has 4 saturated heterocycles. The highest BCUT2D eigenvalue weighted by molar-refractivity contribution is 5.90. The molecular weight excluding hydrogens is 612 g/mol. The van der Waals surface area contributed by atoms with Crippen molar-refractivity contribution in [3.8, 4) is 0 Å². The third kappa shape index (κ3) is 3.90. The van der Waals surface area contributed by atoms with Crippen LogP contribution in [0.15, 0.2) is 23.3 Å². The average molecular weight is 657 g/mol. The van der Waals surface area contributed by atoms with Crippen LogP contribution in [-0.2, 0) is 52.3 Å². The van der Waals surface area contributed by atoms with Gasteiger partial charge in [0.1, 0.15) is 47.3 Å². The van der Waals surface area contributed by atoms with E-state index in [9.17, 15) is 24.3 Å². The van der Waals surface area contributed by atoms with E-state index >= 15 is 0 Å². The van der Waals surface area contributed by atoms with Crippen molar-refractivity contribution < 1.29 is 57.4 Å². The van der Waals surface area contributed by atoms with Gasteiger partial charge in [0, 0.05) is 42.7 Å². The zero-order chi connectivity index (χ0) is 33.6. The van der Waals surface area contributed by atoms with E-state index in [1.807, 2.05) is 13.8 Å². The lowest BCUT2D eigenvalue weighted by Gasteiger charge is -2.56. The summed E-state index contributed by atoms with van der Waals surface area (Å²) in [6, 6.07) is 0. The lowest BCUT2D eigenvalue weighted by Crippen LogP contribution is -2.73. The van der Waals surface area contributed by atoms with E-state index in [0.717, 1.165) is 0 Å². The van der Waals surface area contributed by atoms with Crippen LogP contribution in [0.25, 0.3) is 0 Å². The van der Waals surface area contributed by atoms with Gasteiger partial charge < -0.3 is 38.3 Å². The SMILES string of the molecule is C/C=C(/C)C(=O)O[C@@H]1C[C@H]2C(C)(C)O[C@@H]3CC(=O)O[C@@]32C[C@@]2(O)C[C@H](OC(C)=O)[C@]34O[C@H]([C@@H]5C=C(C)C(=O)O5)[C@@H](C)[C@H]3C[C@@H]3O[C@@]34[C@H]12. The fourth-order valence-corrected chi connectivity index (χ4v) is 11.3. The Kier molecular flexibility index (Phi) is 6.47. The van der Waals surface area contributed by atoms with Gasteiger partial charge in [0.25, 0.3) is 0 Å². The average Bonchev–Trinajstić information content (AvgIpc) is 3.13. The van der Waals surface area contributed by atoms with Gasteiger partial charge in [-0.2, -0.15) is 0 Å². The molecule has 0 amide bonds. The van der Waals surface area contributed by atoms with Gasteiger partial charge in [-0.25, -0.2) is 9.59 Å². The van der Waals surface area contributed by atoms with Gasteiger partial charge in [-0.1, -0.05) is 13.0 Å². The second-order valence-corrected chi connectivity index (χ2v) is 15.8. The molecule has 8 aliphatic rings. The van der Waals surface area contributed by atoms with Crippen molar-refractivity contribution in [2.75, 3.05) is 0 Å². The summed E-state index contributed by atoms with van der Waals surface area (Å²) in [7, 11) is 0. The van der Waals surface area contributed by atoms with Crippen LogP contribution in [0.2, 0.25) is 0 Å². The van der Waals surface area contributed by atoms with E-state index in [0.29, 0.717) is 17.6 Å². The first-order chi connectivity index (χ1) is 22.0. The molecule has 14 atom stereocenters. The molecule has 12 nitrogen and oxygen atoms in total. The molecule has 47 heavy (non-hydrogen) atoms. The van der Waals surface area contributed by atoms with Crippen molar-refractivity contribution in [3.63, 3.8) is 0 Å². The molecule has 3 aliphatic carbocycles. The van der Waals surface area contributed by atoms with Gasteiger partial charge in [-0.15, -0.1) is 0 Å². The van der Waals surface area contributed by atoms with Crippen LogP contribution in [0.5, 0.6) is 0 Å². The summed E-state index contributed by atoms with van der Waals surface area (Å²) < 4.78 is 44.8. The Morgan fingerprint density at radius 2 is 1.79 bits per heavy atom. The summed E-state index contributed by atoms with van der Waals surface area (Å²) in [5.74, 6) is -3.45. The van der Waals surface area contributed by atoms with E-state index in [4.69, 9.17) is 33.2 Å². The van der Waals surface area contributed by atoms with Gasteiger partial charge in [0.2, 0.25) is 0 Å². The van der Waals surface area contributed by atoms with Crippen LogP contribution in [0, 0.1) is 23.7 Å². The maximum absolute atomic E-state index is 13.6. The predicted molar refractivity (Wildman–Crippen MR) is 159 cm³/mol. The maximum Gasteiger partial charge on any atom is 0.334 e. The van der Waals surface area contributed by atoms with E-state index in [2.05, 4.69) is 6.92 Å². The van der Waals surface area contributed by atoms with Crippen LogP contribution in [0.1, 0.15) is 80.6 Å². The predicted octanol–water partition coefficient (Wildman–Crippen LogP) is 2.62. The molecule has 5 aliphatic heterocycles. The first-order valence-electron chi connectivity index (χ1n) is 16.9. The molecular formula is C35H44O12. The summed E-state index contributed by atoms with van der Waals surface area (Å²) in [6.07, 6.45) is 0.169. The lowest BCUT2D eigenvalue weighted by molar-refractivity contribution is -0.274. The van der Waals surface area contributed by atoms with Crippen LogP contribution in [0.3, 0.4) is 0 Å².